The fourth-order valence-electron chi connectivity index (χ4n) is 4.59. The van der Waals surface area contributed by atoms with Crippen molar-refractivity contribution in [2.45, 2.75) is 0 Å². The van der Waals surface area contributed by atoms with Crippen molar-refractivity contribution < 1.29 is 4.39 Å². The fourth-order valence-corrected chi connectivity index (χ4v) is 4.83. The second-order valence-corrected chi connectivity index (χ2v) is 8.80. The van der Waals surface area contributed by atoms with E-state index in [9.17, 15) is 4.39 Å². The van der Waals surface area contributed by atoms with E-state index in [1.807, 2.05) is 36.4 Å². The van der Waals surface area contributed by atoms with Crippen molar-refractivity contribution in [1.29, 1.82) is 0 Å². The molecule has 0 bridgehead atoms. The van der Waals surface area contributed by atoms with Crippen molar-refractivity contribution in [2.24, 2.45) is 4.99 Å². The largest absolute Gasteiger partial charge is 0.369 e. The van der Waals surface area contributed by atoms with Gasteiger partial charge in [-0.05, 0) is 30.3 Å². The van der Waals surface area contributed by atoms with Crippen molar-refractivity contribution in [1.82, 2.24) is 15.3 Å². The van der Waals surface area contributed by atoms with E-state index in [1.165, 1.54) is 0 Å². The summed E-state index contributed by atoms with van der Waals surface area (Å²) in [5.41, 5.74) is 3.97. The third kappa shape index (κ3) is 3.78. The van der Waals surface area contributed by atoms with Gasteiger partial charge in [-0.15, -0.1) is 0 Å². The van der Waals surface area contributed by atoms with Gasteiger partial charge in [-0.25, -0.2) is 9.37 Å². The highest BCUT2D eigenvalue weighted by molar-refractivity contribution is 6.40. The highest BCUT2D eigenvalue weighted by Gasteiger charge is 2.31. The van der Waals surface area contributed by atoms with Gasteiger partial charge in [-0.3, -0.25) is 4.99 Å². The number of fused-ring (bicyclic) bond motifs is 3. The molecule has 0 saturated carbocycles. The lowest BCUT2D eigenvalue weighted by Gasteiger charge is -2.29. The highest BCUT2D eigenvalue weighted by Crippen LogP contribution is 2.37. The summed E-state index contributed by atoms with van der Waals surface area (Å²) in [6, 6.07) is 13.0. The summed E-state index contributed by atoms with van der Waals surface area (Å²) >= 11 is 6.47. The van der Waals surface area contributed by atoms with Crippen LogP contribution < -0.4 is 20.4 Å². The van der Waals surface area contributed by atoms with Gasteiger partial charge in [0.1, 0.15) is 17.5 Å². The number of rotatable bonds is 4. The summed E-state index contributed by atoms with van der Waals surface area (Å²) in [5.74, 6) is 1.61. The Bertz CT molecular complexity index is 1320. The summed E-state index contributed by atoms with van der Waals surface area (Å²) < 4.78 is 14.9. The number of aliphatic imine (C=N–C) groups is 1. The molecule has 0 aliphatic carbocycles. The molecule has 3 aromatic rings. The number of benzene rings is 2. The molecule has 2 aromatic carbocycles. The lowest BCUT2D eigenvalue weighted by Crippen LogP contribution is -2.43. The molecular weight excluding hydrogens is 453 g/mol. The summed E-state index contributed by atoms with van der Waals surface area (Å²) in [5, 5.41) is 7.03. The first-order chi connectivity index (χ1) is 16.7. The number of amidine groups is 1. The predicted octanol–water partition coefficient (Wildman–Crippen LogP) is 4.20. The molecular formula is C25H23ClFN7. The lowest BCUT2D eigenvalue weighted by atomic mass is 9.98. The van der Waals surface area contributed by atoms with Gasteiger partial charge in [0.05, 0.1) is 12.2 Å². The van der Waals surface area contributed by atoms with Crippen LogP contribution in [0.15, 0.2) is 53.7 Å². The van der Waals surface area contributed by atoms with E-state index in [2.05, 4.69) is 25.4 Å². The monoisotopic (exact) mass is 475 g/mol. The van der Waals surface area contributed by atoms with Crippen LogP contribution >= 0.6 is 11.6 Å². The zero-order valence-electron chi connectivity index (χ0n) is 18.4. The quantitative estimate of drug-likeness (QED) is 0.589. The highest BCUT2D eigenvalue weighted by atomic mass is 35.5. The number of hydrogen-bond acceptors (Lipinski definition) is 7. The first-order valence-corrected chi connectivity index (χ1v) is 11.7. The number of nitrogens with zero attached hydrogens (tertiary/aromatic N) is 5. The van der Waals surface area contributed by atoms with Crippen LogP contribution in [0.2, 0.25) is 5.02 Å². The lowest BCUT2D eigenvalue weighted by molar-refractivity contribution is 0.585. The van der Waals surface area contributed by atoms with Gasteiger partial charge >= 0.3 is 0 Å². The number of hydrogen-bond donors (Lipinski definition) is 2. The van der Waals surface area contributed by atoms with Crippen LogP contribution in [0.25, 0.3) is 11.6 Å². The molecule has 0 radical (unpaired) electrons. The SMILES string of the molecule is Fc1cc(N2CCNCC2)ccc1Nc1ncc2c(n1)N1CCN=C1C(c1ccccc1Cl)=C2. The minimum absolute atomic E-state index is 0.332. The van der Waals surface area contributed by atoms with Crippen LogP contribution in [0.5, 0.6) is 0 Å². The standard InChI is InChI=1S/C25H23ClFN7/c26-20-4-2-1-3-18(20)19-13-16-15-30-25(32-23(16)34-12-9-29-24(19)34)31-22-6-5-17(14-21(22)27)33-10-7-28-8-11-33/h1-6,13-15,28H,7-12H2,(H,30,31,32). The molecule has 2 N–H and O–H groups in total. The summed E-state index contributed by atoms with van der Waals surface area (Å²) in [6.07, 6.45) is 3.77. The van der Waals surface area contributed by atoms with E-state index in [0.717, 1.165) is 60.2 Å². The van der Waals surface area contributed by atoms with Gasteiger partial charge in [-0.2, -0.15) is 4.98 Å². The molecule has 3 aliphatic heterocycles. The Morgan fingerprint density at radius 1 is 1.06 bits per heavy atom. The van der Waals surface area contributed by atoms with Crippen molar-refractivity contribution in [3.05, 3.63) is 70.6 Å². The van der Waals surface area contributed by atoms with Crippen LogP contribution in [0, 0.1) is 5.82 Å². The van der Waals surface area contributed by atoms with Gasteiger partial charge in [0.2, 0.25) is 5.95 Å². The van der Waals surface area contributed by atoms with Gasteiger partial charge < -0.3 is 20.4 Å². The van der Waals surface area contributed by atoms with Gasteiger partial charge in [0.25, 0.3) is 0 Å². The Morgan fingerprint density at radius 2 is 1.91 bits per heavy atom. The van der Waals surface area contributed by atoms with Crippen LogP contribution in [0.3, 0.4) is 0 Å². The molecule has 34 heavy (non-hydrogen) atoms. The van der Waals surface area contributed by atoms with Gasteiger partial charge in [0.15, 0.2) is 0 Å². The van der Waals surface area contributed by atoms with E-state index in [0.29, 0.717) is 29.7 Å². The Morgan fingerprint density at radius 3 is 2.74 bits per heavy atom. The molecule has 6 rings (SSSR count). The molecule has 172 valence electrons. The second-order valence-electron chi connectivity index (χ2n) is 8.39. The Kier molecular flexibility index (Phi) is 5.39. The average molecular weight is 476 g/mol. The molecule has 7 nitrogen and oxygen atoms in total. The minimum atomic E-state index is -0.332. The summed E-state index contributed by atoms with van der Waals surface area (Å²) in [4.78, 5) is 18.1. The van der Waals surface area contributed by atoms with Crippen molar-refractivity contribution in [3.63, 3.8) is 0 Å². The minimum Gasteiger partial charge on any atom is -0.369 e. The first kappa shape index (κ1) is 21.1. The number of anilines is 4. The maximum atomic E-state index is 14.9. The molecule has 1 aromatic heterocycles. The van der Waals surface area contributed by atoms with Crippen LogP contribution in [0.1, 0.15) is 11.1 Å². The topological polar surface area (TPSA) is 68.7 Å². The number of halogens is 2. The molecule has 0 amide bonds. The van der Waals surface area contributed by atoms with Gasteiger partial charge in [-0.1, -0.05) is 29.8 Å². The smallest absolute Gasteiger partial charge is 0.229 e. The zero-order valence-corrected chi connectivity index (χ0v) is 19.2. The van der Waals surface area contributed by atoms with Crippen molar-refractivity contribution in [2.75, 3.05) is 54.4 Å². The molecule has 3 aliphatic rings. The maximum absolute atomic E-state index is 14.9. The molecule has 9 heteroatoms. The second kappa shape index (κ2) is 8.70. The number of piperazine rings is 1. The molecule has 0 spiro atoms. The molecule has 0 atom stereocenters. The third-order valence-corrected chi connectivity index (χ3v) is 6.61. The van der Waals surface area contributed by atoms with Crippen LogP contribution in [-0.2, 0) is 0 Å². The Balaban J connectivity index is 1.30. The molecule has 0 unspecified atom stereocenters. The number of nitrogens with one attached hydrogen (secondary N) is 2. The molecule has 1 fully saturated rings. The normalized spacial score (nSPS) is 17.1. The van der Waals surface area contributed by atoms with Crippen molar-refractivity contribution >= 4 is 52.2 Å². The van der Waals surface area contributed by atoms with Crippen LogP contribution in [0.4, 0.5) is 27.5 Å². The average Bonchev–Trinajstić information content (AvgIpc) is 3.36. The van der Waals surface area contributed by atoms with E-state index in [1.54, 1.807) is 18.3 Å². The number of aromatic nitrogens is 2. The first-order valence-electron chi connectivity index (χ1n) is 11.4. The van der Waals surface area contributed by atoms with E-state index >= 15 is 0 Å². The van der Waals surface area contributed by atoms with Crippen molar-refractivity contribution in [3.8, 4) is 0 Å². The Hall–Kier alpha value is -3.49. The van der Waals surface area contributed by atoms with Crippen LogP contribution in [-0.4, -0.2) is 55.1 Å². The fraction of sp³-hybridized carbons (Fsp3) is 0.240. The molecule has 1 saturated heterocycles. The summed E-state index contributed by atoms with van der Waals surface area (Å²) in [7, 11) is 0. The van der Waals surface area contributed by atoms with E-state index in [-0.39, 0.29) is 5.82 Å². The Labute approximate surface area is 202 Å². The maximum Gasteiger partial charge on any atom is 0.229 e. The predicted molar refractivity (Wildman–Crippen MR) is 136 cm³/mol. The van der Waals surface area contributed by atoms with E-state index in [4.69, 9.17) is 21.6 Å². The van der Waals surface area contributed by atoms with Gasteiger partial charge in [0, 0.05) is 66.3 Å². The zero-order chi connectivity index (χ0) is 23.1. The summed E-state index contributed by atoms with van der Waals surface area (Å²) in [6.45, 7) is 4.92. The van der Waals surface area contributed by atoms with E-state index < -0.39 is 0 Å². The third-order valence-electron chi connectivity index (χ3n) is 6.28. The molecule has 4 heterocycles.